The van der Waals surface area contributed by atoms with Gasteiger partial charge in [-0.05, 0) is 57.6 Å². The SMILES string of the molecule is Cc1cc(C2CCN(C(=O)OC(C)(C)C)CC2)cn2ncnc12. The number of fused-ring (bicyclic) bond motifs is 1. The smallest absolute Gasteiger partial charge is 0.410 e. The molecule has 6 nitrogen and oxygen atoms in total. The Balaban J connectivity index is 1.67. The molecule has 0 spiro atoms. The van der Waals surface area contributed by atoms with Crippen LogP contribution in [-0.4, -0.2) is 44.3 Å². The van der Waals surface area contributed by atoms with Crippen LogP contribution >= 0.6 is 0 Å². The number of likely N-dealkylation sites (tertiary alicyclic amines) is 1. The van der Waals surface area contributed by atoms with Crippen molar-refractivity contribution in [2.24, 2.45) is 0 Å². The van der Waals surface area contributed by atoms with Crippen molar-refractivity contribution >= 4 is 11.7 Å². The Hall–Kier alpha value is -2.11. The van der Waals surface area contributed by atoms with E-state index in [4.69, 9.17) is 4.74 Å². The van der Waals surface area contributed by atoms with Gasteiger partial charge in [0.15, 0.2) is 5.65 Å². The predicted octanol–water partition coefficient (Wildman–Crippen LogP) is 3.15. The highest BCUT2D eigenvalue weighted by molar-refractivity contribution is 5.68. The summed E-state index contributed by atoms with van der Waals surface area (Å²) in [4.78, 5) is 18.2. The number of aryl methyl sites for hydroxylation is 1. The summed E-state index contributed by atoms with van der Waals surface area (Å²) in [6.45, 7) is 9.21. The third-order valence-electron chi connectivity index (χ3n) is 4.20. The van der Waals surface area contributed by atoms with E-state index >= 15 is 0 Å². The fourth-order valence-electron chi connectivity index (χ4n) is 3.07. The normalized spacial score (nSPS) is 16.8. The molecule has 3 rings (SSSR count). The van der Waals surface area contributed by atoms with Gasteiger partial charge >= 0.3 is 6.09 Å². The highest BCUT2D eigenvalue weighted by atomic mass is 16.6. The number of piperidine rings is 1. The van der Waals surface area contributed by atoms with E-state index in [1.807, 2.05) is 30.2 Å². The lowest BCUT2D eigenvalue weighted by molar-refractivity contribution is 0.0205. The van der Waals surface area contributed by atoms with Crippen molar-refractivity contribution in [3.05, 3.63) is 29.7 Å². The Morgan fingerprint density at radius 3 is 2.65 bits per heavy atom. The molecule has 2 aromatic heterocycles. The van der Waals surface area contributed by atoms with Crippen LogP contribution < -0.4 is 0 Å². The number of rotatable bonds is 1. The summed E-state index contributed by atoms with van der Waals surface area (Å²) >= 11 is 0. The van der Waals surface area contributed by atoms with Gasteiger partial charge in [-0.1, -0.05) is 6.07 Å². The zero-order valence-corrected chi connectivity index (χ0v) is 14.2. The number of carbonyl (C=O) groups excluding carboxylic acids is 1. The van der Waals surface area contributed by atoms with E-state index in [0.29, 0.717) is 5.92 Å². The fraction of sp³-hybridized carbons (Fsp3) is 0.588. The summed E-state index contributed by atoms with van der Waals surface area (Å²) in [5.74, 6) is 0.445. The highest BCUT2D eigenvalue weighted by Gasteiger charge is 2.27. The molecule has 6 heteroatoms. The molecule has 1 aliphatic heterocycles. The molecule has 0 aliphatic carbocycles. The van der Waals surface area contributed by atoms with Crippen molar-refractivity contribution in [2.45, 2.75) is 52.1 Å². The first-order chi connectivity index (χ1) is 10.8. The van der Waals surface area contributed by atoms with E-state index in [2.05, 4.69) is 29.3 Å². The molecular weight excluding hydrogens is 292 g/mol. The van der Waals surface area contributed by atoms with Gasteiger partial charge in [-0.25, -0.2) is 14.3 Å². The lowest BCUT2D eigenvalue weighted by Gasteiger charge is -2.33. The molecule has 124 valence electrons. The minimum absolute atomic E-state index is 0.209. The maximum Gasteiger partial charge on any atom is 0.410 e. The van der Waals surface area contributed by atoms with Crippen molar-refractivity contribution < 1.29 is 9.53 Å². The Kier molecular flexibility index (Phi) is 4.00. The average Bonchev–Trinajstić information content (AvgIpc) is 2.94. The number of hydrogen-bond acceptors (Lipinski definition) is 4. The fourth-order valence-corrected chi connectivity index (χ4v) is 3.07. The monoisotopic (exact) mass is 316 g/mol. The summed E-state index contributed by atoms with van der Waals surface area (Å²) in [6.07, 6.45) is 5.32. The molecule has 0 aromatic carbocycles. The van der Waals surface area contributed by atoms with Crippen LogP contribution in [0.25, 0.3) is 5.65 Å². The van der Waals surface area contributed by atoms with Gasteiger partial charge in [0.25, 0.3) is 0 Å². The standard InChI is InChI=1S/C17H24N4O2/c1-12-9-14(10-21-15(12)18-11-19-21)13-5-7-20(8-6-13)16(22)23-17(2,3)4/h9-11,13H,5-8H2,1-4H3. The van der Waals surface area contributed by atoms with Crippen molar-refractivity contribution in [1.29, 1.82) is 0 Å². The zero-order valence-electron chi connectivity index (χ0n) is 14.2. The van der Waals surface area contributed by atoms with Crippen LogP contribution in [0.3, 0.4) is 0 Å². The van der Waals surface area contributed by atoms with Crippen molar-refractivity contribution in [3.8, 4) is 0 Å². The second-order valence-electron chi connectivity index (χ2n) is 7.23. The van der Waals surface area contributed by atoms with E-state index < -0.39 is 5.60 Å². The third kappa shape index (κ3) is 3.46. The number of carbonyl (C=O) groups is 1. The number of pyridine rings is 1. The summed E-state index contributed by atoms with van der Waals surface area (Å²) < 4.78 is 7.29. The molecule has 0 bridgehead atoms. The number of ether oxygens (including phenoxy) is 1. The third-order valence-corrected chi connectivity index (χ3v) is 4.20. The first-order valence-corrected chi connectivity index (χ1v) is 8.11. The van der Waals surface area contributed by atoms with Gasteiger partial charge in [0.05, 0.1) is 0 Å². The van der Waals surface area contributed by atoms with Crippen molar-refractivity contribution in [3.63, 3.8) is 0 Å². The maximum atomic E-state index is 12.1. The molecule has 0 saturated carbocycles. The van der Waals surface area contributed by atoms with E-state index in [1.54, 1.807) is 6.33 Å². The highest BCUT2D eigenvalue weighted by Crippen LogP contribution is 2.29. The average molecular weight is 316 g/mol. The van der Waals surface area contributed by atoms with Gasteiger partial charge in [0.1, 0.15) is 11.9 Å². The van der Waals surface area contributed by atoms with Crippen LogP contribution in [0, 0.1) is 6.92 Å². The topological polar surface area (TPSA) is 59.7 Å². The Labute approximate surface area is 136 Å². The Morgan fingerprint density at radius 2 is 2.00 bits per heavy atom. The molecule has 0 atom stereocenters. The zero-order chi connectivity index (χ0) is 16.6. The second-order valence-corrected chi connectivity index (χ2v) is 7.23. The van der Waals surface area contributed by atoms with E-state index in [-0.39, 0.29) is 6.09 Å². The van der Waals surface area contributed by atoms with Gasteiger partial charge in [0, 0.05) is 19.3 Å². The number of hydrogen-bond donors (Lipinski definition) is 0. The van der Waals surface area contributed by atoms with Crippen LogP contribution in [0.15, 0.2) is 18.6 Å². The number of aromatic nitrogens is 3. The summed E-state index contributed by atoms with van der Waals surface area (Å²) in [7, 11) is 0. The molecule has 1 aliphatic rings. The molecule has 0 N–H and O–H groups in total. The Morgan fingerprint density at radius 1 is 1.30 bits per heavy atom. The minimum Gasteiger partial charge on any atom is -0.444 e. The van der Waals surface area contributed by atoms with Gasteiger partial charge in [-0.2, -0.15) is 5.10 Å². The van der Waals surface area contributed by atoms with E-state index in [1.165, 1.54) is 5.56 Å². The van der Waals surface area contributed by atoms with Gasteiger partial charge in [-0.3, -0.25) is 0 Å². The van der Waals surface area contributed by atoms with Crippen LogP contribution in [0.1, 0.15) is 50.7 Å². The lowest BCUT2D eigenvalue weighted by Crippen LogP contribution is -2.41. The van der Waals surface area contributed by atoms with E-state index in [0.717, 1.165) is 37.1 Å². The molecule has 1 amide bonds. The van der Waals surface area contributed by atoms with Gasteiger partial charge in [-0.15, -0.1) is 0 Å². The minimum atomic E-state index is -0.441. The molecular formula is C17H24N4O2. The molecule has 2 aromatic rings. The van der Waals surface area contributed by atoms with Gasteiger partial charge in [0.2, 0.25) is 0 Å². The lowest BCUT2D eigenvalue weighted by atomic mass is 9.90. The molecule has 23 heavy (non-hydrogen) atoms. The summed E-state index contributed by atoms with van der Waals surface area (Å²) in [6, 6.07) is 2.19. The number of amides is 1. The summed E-state index contributed by atoms with van der Waals surface area (Å²) in [5, 5.41) is 4.24. The second kappa shape index (κ2) is 5.83. The molecule has 1 fully saturated rings. The largest absolute Gasteiger partial charge is 0.444 e. The molecule has 0 unspecified atom stereocenters. The van der Waals surface area contributed by atoms with Crippen molar-refractivity contribution in [1.82, 2.24) is 19.5 Å². The van der Waals surface area contributed by atoms with Crippen LogP contribution in [0.5, 0.6) is 0 Å². The first kappa shape index (κ1) is 15.8. The van der Waals surface area contributed by atoms with Crippen molar-refractivity contribution in [2.75, 3.05) is 13.1 Å². The van der Waals surface area contributed by atoms with Gasteiger partial charge < -0.3 is 9.64 Å². The Bertz CT molecular complexity index is 709. The molecule has 0 radical (unpaired) electrons. The van der Waals surface area contributed by atoms with E-state index in [9.17, 15) is 4.79 Å². The number of nitrogens with zero attached hydrogens (tertiary/aromatic N) is 4. The predicted molar refractivity (Wildman–Crippen MR) is 87.5 cm³/mol. The summed E-state index contributed by atoms with van der Waals surface area (Å²) in [5.41, 5.74) is 2.86. The quantitative estimate of drug-likeness (QED) is 0.811. The maximum absolute atomic E-state index is 12.1. The van der Waals surface area contributed by atoms with Crippen LogP contribution in [-0.2, 0) is 4.74 Å². The van der Waals surface area contributed by atoms with Crippen LogP contribution in [0.2, 0.25) is 0 Å². The molecule has 1 saturated heterocycles. The molecule has 3 heterocycles. The first-order valence-electron chi connectivity index (χ1n) is 8.11. The van der Waals surface area contributed by atoms with Crippen LogP contribution in [0.4, 0.5) is 4.79 Å².